The van der Waals surface area contributed by atoms with E-state index in [2.05, 4.69) is 35.1 Å². The van der Waals surface area contributed by atoms with E-state index in [1.165, 1.54) is 43.2 Å². The average Bonchev–Trinajstić information content (AvgIpc) is 3.16. The summed E-state index contributed by atoms with van der Waals surface area (Å²) in [5.41, 5.74) is 4.88. The summed E-state index contributed by atoms with van der Waals surface area (Å²) in [5, 5.41) is 0.913. The van der Waals surface area contributed by atoms with E-state index in [1.54, 1.807) is 11.8 Å². The van der Waals surface area contributed by atoms with Gasteiger partial charge in [-0.2, -0.15) is 0 Å². The Morgan fingerprint density at radius 1 is 1.07 bits per heavy atom. The van der Waals surface area contributed by atoms with Crippen LogP contribution < -0.4 is 5.56 Å². The largest absolute Gasteiger partial charge is 0.284 e. The molecular weight excluding hydrogens is 352 g/mol. The van der Waals surface area contributed by atoms with Gasteiger partial charge in [0.1, 0.15) is 0 Å². The van der Waals surface area contributed by atoms with E-state index in [4.69, 9.17) is 4.98 Å². The molecular formula is C23H28N2OS. The topological polar surface area (TPSA) is 34.9 Å². The van der Waals surface area contributed by atoms with Crippen LogP contribution in [0.5, 0.6) is 0 Å². The predicted molar refractivity (Wildman–Crippen MR) is 112 cm³/mol. The second kappa shape index (κ2) is 6.80. The molecule has 1 aromatic carbocycles. The van der Waals surface area contributed by atoms with Gasteiger partial charge in [-0.25, -0.2) is 4.98 Å². The van der Waals surface area contributed by atoms with E-state index >= 15 is 0 Å². The van der Waals surface area contributed by atoms with Crippen molar-refractivity contribution in [2.24, 2.45) is 0 Å². The summed E-state index contributed by atoms with van der Waals surface area (Å²) < 4.78 is 2.09. The van der Waals surface area contributed by atoms with Gasteiger partial charge in [0.25, 0.3) is 5.56 Å². The van der Waals surface area contributed by atoms with Crippen LogP contribution in [-0.2, 0) is 11.8 Å². The van der Waals surface area contributed by atoms with Gasteiger partial charge < -0.3 is 0 Å². The highest BCUT2D eigenvalue weighted by atomic mass is 32.2. The van der Waals surface area contributed by atoms with Crippen molar-refractivity contribution < 1.29 is 0 Å². The lowest BCUT2D eigenvalue weighted by molar-refractivity contribution is 0.316. The molecule has 0 amide bonds. The molecule has 5 rings (SSSR count). The molecule has 2 aromatic rings. The smallest absolute Gasteiger partial charge is 0.258 e. The van der Waals surface area contributed by atoms with Crippen LogP contribution in [0.2, 0.25) is 0 Å². The van der Waals surface area contributed by atoms with E-state index in [1.807, 2.05) is 0 Å². The zero-order valence-electron chi connectivity index (χ0n) is 16.2. The molecule has 0 N–H and O–H groups in total. The highest BCUT2D eigenvalue weighted by Gasteiger charge is 2.44. The van der Waals surface area contributed by atoms with Gasteiger partial charge in [-0.1, -0.05) is 68.1 Å². The molecule has 1 spiro atoms. The maximum atomic E-state index is 14.0. The van der Waals surface area contributed by atoms with Gasteiger partial charge in [0.2, 0.25) is 0 Å². The summed E-state index contributed by atoms with van der Waals surface area (Å²) in [7, 11) is 0. The van der Waals surface area contributed by atoms with Crippen LogP contribution in [0.4, 0.5) is 0 Å². The Labute approximate surface area is 165 Å². The zero-order chi connectivity index (χ0) is 18.4. The normalized spacial score (nSPS) is 21.2. The molecule has 27 heavy (non-hydrogen) atoms. The number of nitrogens with zero attached hydrogens (tertiary/aromatic N) is 2. The van der Waals surface area contributed by atoms with Crippen molar-refractivity contribution >= 4 is 11.8 Å². The predicted octanol–water partition coefficient (Wildman–Crippen LogP) is 5.51. The third-order valence-corrected chi connectivity index (χ3v) is 7.75. The van der Waals surface area contributed by atoms with E-state index < -0.39 is 0 Å². The molecule has 0 bridgehead atoms. The number of fused-ring (bicyclic) bond motifs is 4. The summed E-state index contributed by atoms with van der Waals surface area (Å²) in [6, 6.07) is 8.96. The summed E-state index contributed by atoms with van der Waals surface area (Å²) in [6.07, 6.45) is 13.8. The summed E-state index contributed by atoms with van der Waals surface area (Å²) >= 11 is 1.63. The fraction of sp³-hybridized carbons (Fsp3) is 0.565. The van der Waals surface area contributed by atoms with Crippen LogP contribution in [0.3, 0.4) is 0 Å². The minimum absolute atomic E-state index is 0.0150. The molecule has 2 saturated carbocycles. The van der Waals surface area contributed by atoms with Crippen molar-refractivity contribution in [3.8, 4) is 11.3 Å². The van der Waals surface area contributed by atoms with Crippen molar-refractivity contribution in [3.05, 3.63) is 45.7 Å². The first kappa shape index (κ1) is 17.5. The minimum atomic E-state index is 0.0150. The summed E-state index contributed by atoms with van der Waals surface area (Å²) in [4.78, 5) is 19.1. The Morgan fingerprint density at radius 2 is 1.81 bits per heavy atom. The highest BCUT2D eigenvalue weighted by molar-refractivity contribution is 7.98. The number of benzene rings is 1. The van der Waals surface area contributed by atoms with Gasteiger partial charge in [-0.3, -0.25) is 9.36 Å². The van der Waals surface area contributed by atoms with Crippen LogP contribution in [0.15, 0.2) is 34.2 Å². The molecule has 142 valence electrons. The summed E-state index contributed by atoms with van der Waals surface area (Å²) in [5.74, 6) is 0. The number of thioether (sulfide) groups is 1. The average molecular weight is 381 g/mol. The second-order valence-electron chi connectivity index (χ2n) is 8.61. The second-order valence-corrected chi connectivity index (χ2v) is 9.38. The first-order valence-electron chi connectivity index (χ1n) is 10.5. The number of rotatable bonds is 2. The van der Waals surface area contributed by atoms with E-state index in [9.17, 15) is 4.79 Å². The Bertz CT molecular complexity index is 920. The lowest BCUT2D eigenvalue weighted by Crippen LogP contribution is -2.41. The Balaban J connectivity index is 1.78. The number of aromatic nitrogens is 2. The van der Waals surface area contributed by atoms with Crippen molar-refractivity contribution in [3.63, 3.8) is 0 Å². The van der Waals surface area contributed by atoms with Gasteiger partial charge in [-0.05, 0) is 43.9 Å². The van der Waals surface area contributed by atoms with Crippen LogP contribution in [0.25, 0.3) is 11.3 Å². The first-order valence-corrected chi connectivity index (χ1v) is 11.8. The van der Waals surface area contributed by atoms with Gasteiger partial charge in [0, 0.05) is 17.0 Å². The molecule has 0 saturated heterocycles. The standard InChI is InChI=1S/C23H28N2OS/c1-27-22-24-20-18-12-6-5-9-16(18)15-23(13-7-8-14-23)19(20)21(26)25(22)17-10-3-2-4-11-17/h5-6,9,12,17H,2-4,7-8,10-11,13-15H2,1H3. The maximum absolute atomic E-state index is 14.0. The van der Waals surface area contributed by atoms with Crippen molar-refractivity contribution in [2.75, 3.05) is 6.26 Å². The molecule has 0 radical (unpaired) electrons. The monoisotopic (exact) mass is 380 g/mol. The van der Waals surface area contributed by atoms with Crippen LogP contribution in [0.1, 0.15) is 75.0 Å². The van der Waals surface area contributed by atoms with E-state index in [-0.39, 0.29) is 11.0 Å². The Hall–Kier alpha value is -1.55. The fourth-order valence-corrected chi connectivity index (χ4v) is 6.44. The van der Waals surface area contributed by atoms with Gasteiger partial charge in [0.15, 0.2) is 5.16 Å². The Morgan fingerprint density at radius 3 is 2.56 bits per heavy atom. The number of hydrogen-bond donors (Lipinski definition) is 0. The molecule has 2 fully saturated rings. The fourth-order valence-electron chi connectivity index (χ4n) is 5.83. The molecule has 3 nitrogen and oxygen atoms in total. The van der Waals surface area contributed by atoms with Crippen molar-refractivity contribution in [1.29, 1.82) is 0 Å². The van der Waals surface area contributed by atoms with Crippen LogP contribution >= 0.6 is 11.8 Å². The lowest BCUT2D eigenvalue weighted by atomic mass is 9.68. The third kappa shape index (κ3) is 2.71. The molecule has 0 unspecified atom stereocenters. The quantitative estimate of drug-likeness (QED) is 0.509. The SMILES string of the molecule is CSc1nc2c(c(=O)n1C1CCCCC1)C1(CCCC1)Cc1ccccc1-2. The molecule has 1 heterocycles. The van der Waals surface area contributed by atoms with Crippen molar-refractivity contribution in [2.45, 2.75) is 80.8 Å². The minimum Gasteiger partial charge on any atom is -0.284 e. The van der Waals surface area contributed by atoms with Gasteiger partial charge in [0.05, 0.1) is 11.3 Å². The molecule has 0 atom stereocenters. The van der Waals surface area contributed by atoms with Crippen LogP contribution in [-0.4, -0.2) is 15.8 Å². The van der Waals surface area contributed by atoms with E-state index in [0.29, 0.717) is 6.04 Å². The lowest BCUT2D eigenvalue weighted by Gasteiger charge is -2.37. The third-order valence-electron chi connectivity index (χ3n) is 7.10. The van der Waals surface area contributed by atoms with Gasteiger partial charge in [-0.15, -0.1) is 0 Å². The molecule has 1 aromatic heterocycles. The first-order chi connectivity index (χ1) is 13.2. The molecule has 4 heteroatoms. The molecule has 3 aliphatic carbocycles. The highest BCUT2D eigenvalue weighted by Crippen LogP contribution is 2.50. The van der Waals surface area contributed by atoms with Gasteiger partial charge >= 0.3 is 0 Å². The molecule has 3 aliphatic rings. The maximum Gasteiger partial charge on any atom is 0.258 e. The zero-order valence-corrected chi connectivity index (χ0v) is 17.0. The van der Waals surface area contributed by atoms with Crippen molar-refractivity contribution in [1.82, 2.24) is 9.55 Å². The Kier molecular flexibility index (Phi) is 4.42. The molecule has 0 aliphatic heterocycles. The number of hydrogen-bond acceptors (Lipinski definition) is 3. The van der Waals surface area contributed by atoms with Crippen LogP contribution in [0, 0.1) is 0 Å². The van der Waals surface area contributed by atoms with E-state index in [0.717, 1.165) is 48.5 Å². The summed E-state index contributed by atoms with van der Waals surface area (Å²) in [6.45, 7) is 0.